The summed E-state index contributed by atoms with van der Waals surface area (Å²) in [6.07, 6.45) is 0.412. The SMILES string of the molecule is N#CC1CC(F)(F)CN1C(=O)CNC(=O)c1ccnc2c(NC(=O)CCC(=O)NCCOCCOCCOCCNC(=O)CCCC(=O)ON3C(=O)CCC3=O)cccc12. The van der Waals surface area contributed by atoms with E-state index in [0.717, 1.165) is 4.90 Å². The van der Waals surface area contributed by atoms with Crippen molar-refractivity contribution in [3.05, 3.63) is 36.0 Å². The summed E-state index contributed by atoms with van der Waals surface area (Å²) < 4.78 is 43.7. The number of benzene rings is 1. The van der Waals surface area contributed by atoms with Gasteiger partial charge in [-0.2, -0.15) is 5.26 Å². The van der Waals surface area contributed by atoms with Crippen LogP contribution in [0.5, 0.6) is 0 Å². The van der Waals surface area contributed by atoms with Crippen molar-refractivity contribution in [1.82, 2.24) is 30.9 Å². The largest absolute Gasteiger partial charge is 0.377 e. The second kappa shape index (κ2) is 23.4. The summed E-state index contributed by atoms with van der Waals surface area (Å²) in [6.45, 7) is 0.478. The molecule has 3 heterocycles. The highest BCUT2D eigenvalue weighted by Gasteiger charge is 2.47. The van der Waals surface area contributed by atoms with Crippen molar-refractivity contribution in [2.75, 3.05) is 71.1 Å². The summed E-state index contributed by atoms with van der Waals surface area (Å²) in [5.41, 5.74) is 0.649. The molecule has 2 aromatic rings. The van der Waals surface area contributed by atoms with Gasteiger partial charge in [-0.1, -0.05) is 12.1 Å². The normalized spacial score (nSPS) is 15.7. The van der Waals surface area contributed by atoms with Crippen LogP contribution in [0.4, 0.5) is 14.5 Å². The van der Waals surface area contributed by atoms with E-state index in [-0.39, 0.29) is 126 Å². The summed E-state index contributed by atoms with van der Waals surface area (Å²) in [7, 11) is 0. The Balaban J connectivity index is 0.995. The number of imide groups is 1. The monoisotopic (exact) mass is 844 g/mol. The number of rotatable bonds is 24. The van der Waals surface area contributed by atoms with E-state index >= 15 is 0 Å². The number of likely N-dealkylation sites (tertiary alicyclic amines) is 1. The smallest absolute Gasteiger partial charge is 0.333 e. The molecule has 0 radical (unpaired) electrons. The molecule has 2 aliphatic rings. The van der Waals surface area contributed by atoms with Gasteiger partial charge in [-0.05, 0) is 18.6 Å². The zero-order valence-electron chi connectivity index (χ0n) is 32.6. The van der Waals surface area contributed by atoms with Crippen LogP contribution in [0.1, 0.15) is 61.7 Å². The highest BCUT2D eigenvalue weighted by Crippen LogP contribution is 2.31. The first-order valence-corrected chi connectivity index (χ1v) is 19.1. The number of hydrogen-bond donors (Lipinski definition) is 4. The molecule has 1 aromatic carbocycles. The van der Waals surface area contributed by atoms with E-state index in [1.54, 1.807) is 24.3 Å². The quantitative estimate of drug-likeness (QED) is 0.0829. The number of aromatic nitrogens is 1. The van der Waals surface area contributed by atoms with Crippen LogP contribution in [-0.4, -0.2) is 140 Å². The van der Waals surface area contributed by atoms with Crippen LogP contribution in [-0.2, 0) is 52.6 Å². The van der Waals surface area contributed by atoms with Crippen molar-refractivity contribution in [3.63, 3.8) is 0 Å². The van der Waals surface area contributed by atoms with Crippen LogP contribution in [0.15, 0.2) is 30.5 Å². The second-order valence-electron chi connectivity index (χ2n) is 13.5. The number of para-hydroxylation sites is 1. The topological polar surface area (TPSA) is 265 Å². The minimum absolute atomic E-state index is 0.00370. The predicted octanol–water partition coefficient (Wildman–Crippen LogP) is 0.503. The lowest BCUT2D eigenvalue weighted by atomic mass is 10.1. The Bertz CT molecular complexity index is 1930. The maximum Gasteiger partial charge on any atom is 0.333 e. The Morgan fingerprint density at radius 1 is 0.817 bits per heavy atom. The van der Waals surface area contributed by atoms with Gasteiger partial charge in [0, 0.05) is 69.6 Å². The van der Waals surface area contributed by atoms with E-state index in [9.17, 15) is 47.1 Å². The third kappa shape index (κ3) is 14.9. The van der Waals surface area contributed by atoms with Crippen molar-refractivity contribution in [2.45, 2.75) is 63.3 Å². The molecule has 22 heteroatoms. The molecule has 4 rings (SSSR count). The van der Waals surface area contributed by atoms with Gasteiger partial charge in [0.15, 0.2) is 0 Å². The Hall–Kier alpha value is -6.18. The van der Waals surface area contributed by atoms with Crippen LogP contribution in [0, 0.1) is 11.3 Å². The highest BCUT2D eigenvalue weighted by atomic mass is 19.3. The number of halogens is 2. The van der Waals surface area contributed by atoms with Gasteiger partial charge in [0.25, 0.3) is 23.6 Å². The number of nitrogens with one attached hydrogen (secondary N) is 4. The number of carbonyl (C=O) groups is 8. The number of nitriles is 1. The number of amides is 7. The number of ether oxygens (including phenoxy) is 3. The van der Waals surface area contributed by atoms with Gasteiger partial charge in [-0.15, -0.1) is 5.06 Å². The number of hydroxylamine groups is 2. The molecule has 324 valence electrons. The van der Waals surface area contributed by atoms with Crippen LogP contribution < -0.4 is 21.3 Å². The molecule has 0 aliphatic carbocycles. The third-order valence-electron chi connectivity index (χ3n) is 8.87. The average Bonchev–Trinajstić information content (AvgIpc) is 3.72. The maximum absolute atomic E-state index is 13.7. The maximum atomic E-state index is 13.7. The zero-order chi connectivity index (χ0) is 43.5. The number of alkyl halides is 2. The molecule has 20 nitrogen and oxygen atoms in total. The molecule has 1 atom stereocenters. The van der Waals surface area contributed by atoms with E-state index in [4.69, 9.17) is 24.3 Å². The van der Waals surface area contributed by atoms with Crippen molar-refractivity contribution < 1.29 is 66.2 Å². The van der Waals surface area contributed by atoms with Crippen LogP contribution in [0.25, 0.3) is 10.9 Å². The standard InChI is InChI=1S/C38H46F2N8O12/c39-38(40)21-25(22-41)47(24-38)34(54)23-45-37(56)27-11-12-44-36-26(27)3-1-4-28(36)46-31(51)8-7-30(50)43-14-16-58-18-20-59-19-17-57-15-13-42-29(49)5-2-6-35(55)60-48-32(52)9-10-33(48)53/h1,3-4,11-12,25H,2,5-10,13-21,23-24H2,(H,42,49)(H,43,50)(H,45,56)(H,46,51). The molecule has 4 N–H and O–H groups in total. The van der Waals surface area contributed by atoms with E-state index in [2.05, 4.69) is 26.3 Å². The Morgan fingerprint density at radius 3 is 2.08 bits per heavy atom. The highest BCUT2D eigenvalue weighted by molar-refractivity contribution is 6.11. The molecule has 2 fully saturated rings. The van der Waals surface area contributed by atoms with Crippen molar-refractivity contribution in [1.29, 1.82) is 5.26 Å². The first-order chi connectivity index (χ1) is 28.8. The number of hydrogen-bond acceptors (Lipinski definition) is 14. The Morgan fingerprint density at radius 2 is 1.43 bits per heavy atom. The Kier molecular flexibility index (Phi) is 18.2. The number of anilines is 1. The van der Waals surface area contributed by atoms with Gasteiger partial charge in [-0.25, -0.2) is 13.6 Å². The lowest BCUT2D eigenvalue weighted by Crippen LogP contribution is -2.43. The lowest BCUT2D eigenvalue weighted by molar-refractivity contribution is -0.197. The molecule has 1 aromatic heterocycles. The molecule has 1 unspecified atom stereocenters. The molecule has 7 amide bonds. The van der Waals surface area contributed by atoms with E-state index in [0.29, 0.717) is 10.4 Å². The minimum Gasteiger partial charge on any atom is -0.377 e. The first-order valence-electron chi connectivity index (χ1n) is 19.1. The summed E-state index contributed by atoms with van der Waals surface area (Å²) in [6, 6.07) is 6.50. The summed E-state index contributed by atoms with van der Waals surface area (Å²) in [5.74, 6) is -7.76. The average molecular weight is 845 g/mol. The van der Waals surface area contributed by atoms with Gasteiger partial charge < -0.3 is 45.2 Å². The summed E-state index contributed by atoms with van der Waals surface area (Å²) in [5, 5.41) is 20.3. The first kappa shape index (κ1) is 46.5. The zero-order valence-corrected chi connectivity index (χ0v) is 32.6. The van der Waals surface area contributed by atoms with Crippen molar-refractivity contribution in [3.8, 4) is 6.07 Å². The van der Waals surface area contributed by atoms with E-state index < -0.39 is 67.0 Å². The summed E-state index contributed by atoms with van der Waals surface area (Å²) in [4.78, 5) is 107. The van der Waals surface area contributed by atoms with Gasteiger partial charge >= 0.3 is 5.97 Å². The molecular formula is C38H46F2N8O12. The van der Waals surface area contributed by atoms with Crippen LogP contribution in [0.2, 0.25) is 0 Å². The fourth-order valence-corrected chi connectivity index (χ4v) is 5.90. The molecule has 2 saturated heterocycles. The van der Waals surface area contributed by atoms with Gasteiger partial charge in [0.05, 0.1) is 75.6 Å². The fraction of sp³-hybridized carbons (Fsp3) is 0.526. The lowest BCUT2D eigenvalue weighted by Gasteiger charge is -2.19. The van der Waals surface area contributed by atoms with Crippen LogP contribution in [0.3, 0.4) is 0 Å². The van der Waals surface area contributed by atoms with E-state index in [1.165, 1.54) is 12.3 Å². The number of carbonyl (C=O) groups excluding carboxylic acids is 8. The van der Waals surface area contributed by atoms with Gasteiger partial charge in [0.1, 0.15) is 6.04 Å². The summed E-state index contributed by atoms with van der Waals surface area (Å²) >= 11 is 0. The molecule has 0 bridgehead atoms. The van der Waals surface area contributed by atoms with Crippen LogP contribution >= 0.6 is 0 Å². The second-order valence-corrected chi connectivity index (χ2v) is 13.5. The van der Waals surface area contributed by atoms with E-state index in [1.807, 2.05) is 0 Å². The molecular weight excluding hydrogens is 798 g/mol. The van der Waals surface area contributed by atoms with Gasteiger partial charge in [0.2, 0.25) is 23.6 Å². The van der Waals surface area contributed by atoms with Crippen molar-refractivity contribution >= 4 is 63.9 Å². The fourth-order valence-electron chi connectivity index (χ4n) is 5.90. The number of nitrogens with zero attached hydrogens (tertiary/aromatic N) is 4. The minimum atomic E-state index is -3.19. The van der Waals surface area contributed by atoms with Crippen molar-refractivity contribution in [2.24, 2.45) is 0 Å². The number of pyridine rings is 1. The molecule has 2 aliphatic heterocycles. The van der Waals surface area contributed by atoms with Gasteiger partial charge in [-0.3, -0.25) is 38.5 Å². The molecule has 60 heavy (non-hydrogen) atoms. The number of fused-ring (bicyclic) bond motifs is 1. The molecule has 0 saturated carbocycles. The third-order valence-corrected chi connectivity index (χ3v) is 8.87. The predicted molar refractivity (Wildman–Crippen MR) is 202 cm³/mol. The Labute approximate surface area is 342 Å². The molecule has 0 spiro atoms.